The molecule has 0 unspecified atom stereocenters. The second-order valence-electron chi connectivity index (χ2n) is 4.55. The lowest BCUT2D eigenvalue weighted by Crippen LogP contribution is -2.36. The first-order chi connectivity index (χ1) is 9.07. The molecule has 2 amide bonds. The maximum atomic E-state index is 11.7. The number of amides is 2. The Hall–Kier alpha value is -2.55. The van der Waals surface area contributed by atoms with E-state index in [4.69, 9.17) is 10.4 Å². The normalized spacial score (nSPS) is 15.1. The Balaban J connectivity index is 1.92. The number of nitrogens with one attached hydrogen (secondary N) is 2. The van der Waals surface area contributed by atoms with Crippen LogP contribution in [0.3, 0.4) is 0 Å². The summed E-state index contributed by atoms with van der Waals surface area (Å²) >= 11 is 0. The molecule has 1 aromatic carbocycles. The van der Waals surface area contributed by atoms with Crippen molar-refractivity contribution in [1.82, 2.24) is 5.32 Å². The lowest BCUT2D eigenvalue weighted by molar-refractivity contribution is -0.143. The van der Waals surface area contributed by atoms with Crippen LogP contribution >= 0.6 is 0 Å². The smallest absolute Gasteiger partial charge is 0.319 e. The second kappa shape index (κ2) is 4.98. The van der Waals surface area contributed by atoms with Crippen molar-refractivity contribution in [3.63, 3.8) is 0 Å². The Kier molecular flexibility index (Phi) is 3.38. The van der Waals surface area contributed by atoms with Gasteiger partial charge < -0.3 is 15.7 Å². The molecule has 1 aromatic rings. The van der Waals surface area contributed by atoms with Gasteiger partial charge in [0.15, 0.2) is 0 Å². The summed E-state index contributed by atoms with van der Waals surface area (Å²) in [6, 6.07) is 8.07. The van der Waals surface area contributed by atoms with Crippen LogP contribution in [0.25, 0.3) is 0 Å². The van der Waals surface area contributed by atoms with E-state index in [9.17, 15) is 9.59 Å². The summed E-state index contributed by atoms with van der Waals surface area (Å²) in [5.41, 5.74) is -0.0359. The molecule has 1 saturated carbocycles. The lowest BCUT2D eigenvalue weighted by Gasteiger charge is -2.12. The van der Waals surface area contributed by atoms with Crippen LogP contribution in [0.1, 0.15) is 18.4 Å². The highest BCUT2D eigenvalue weighted by atomic mass is 16.4. The summed E-state index contributed by atoms with van der Waals surface area (Å²) in [4.78, 5) is 22.6. The van der Waals surface area contributed by atoms with E-state index < -0.39 is 17.4 Å². The number of nitriles is 1. The Labute approximate surface area is 110 Å². The lowest BCUT2D eigenvalue weighted by atomic mass is 10.1. The van der Waals surface area contributed by atoms with Crippen LogP contribution in [0.15, 0.2) is 24.3 Å². The fourth-order valence-corrected chi connectivity index (χ4v) is 1.72. The first-order valence-corrected chi connectivity index (χ1v) is 5.85. The van der Waals surface area contributed by atoms with E-state index in [2.05, 4.69) is 10.6 Å². The largest absolute Gasteiger partial charge is 0.481 e. The van der Waals surface area contributed by atoms with Crippen LogP contribution in [-0.2, 0) is 4.79 Å². The molecule has 19 heavy (non-hydrogen) atoms. The Morgan fingerprint density at radius 1 is 1.37 bits per heavy atom. The van der Waals surface area contributed by atoms with Crippen molar-refractivity contribution in [3.05, 3.63) is 29.8 Å². The average molecular weight is 259 g/mol. The molecule has 2 rings (SSSR count). The number of rotatable bonds is 4. The number of nitrogens with zero attached hydrogens (tertiary/aromatic N) is 1. The third-order valence-electron chi connectivity index (χ3n) is 3.19. The molecule has 0 spiro atoms. The minimum atomic E-state index is -0.884. The van der Waals surface area contributed by atoms with E-state index in [1.165, 1.54) is 0 Å². The molecule has 0 saturated heterocycles. The van der Waals surface area contributed by atoms with E-state index in [1.807, 2.05) is 6.07 Å². The average Bonchev–Trinajstić information content (AvgIpc) is 3.18. The van der Waals surface area contributed by atoms with Gasteiger partial charge in [0.25, 0.3) is 0 Å². The van der Waals surface area contributed by atoms with Gasteiger partial charge in [-0.2, -0.15) is 5.26 Å². The predicted octanol–water partition coefficient (Wildman–Crippen LogP) is 1.54. The molecular formula is C13H13N3O3. The van der Waals surface area contributed by atoms with Gasteiger partial charge in [0, 0.05) is 6.54 Å². The zero-order valence-electron chi connectivity index (χ0n) is 10.1. The number of hydrogen-bond donors (Lipinski definition) is 3. The van der Waals surface area contributed by atoms with E-state index in [1.54, 1.807) is 24.3 Å². The molecule has 3 N–H and O–H groups in total. The number of para-hydroxylation sites is 1. The molecule has 6 nitrogen and oxygen atoms in total. The molecule has 6 heteroatoms. The molecule has 0 bridgehead atoms. The SMILES string of the molecule is N#Cc1ccccc1NC(=O)NCC1(C(=O)O)CC1. The molecule has 0 atom stereocenters. The summed E-state index contributed by atoms with van der Waals surface area (Å²) in [6.07, 6.45) is 1.16. The van der Waals surface area contributed by atoms with Crippen LogP contribution in [0, 0.1) is 16.7 Å². The number of benzene rings is 1. The number of anilines is 1. The Morgan fingerprint density at radius 3 is 2.63 bits per heavy atom. The van der Waals surface area contributed by atoms with Crippen LogP contribution in [0.2, 0.25) is 0 Å². The fraction of sp³-hybridized carbons (Fsp3) is 0.308. The van der Waals surface area contributed by atoms with Gasteiger partial charge in [-0.25, -0.2) is 4.79 Å². The van der Waals surface area contributed by atoms with Gasteiger partial charge in [-0.15, -0.1) is 0 Å². The fourth-order valence-electron chi connectivity index (χ4n) is 1.72. The first kappa shape index (κ1) is 12.9. The van der Waals surface area contributed by atoms with Gasteiger partial charge in [-0.3, -0.25) is 4.79 Å². The van der Waals surface area contributed by atoms with Crippen molar-refractivity contribution in [2.24, 2.45) is 5.41 Å². The third-order valence-corrected chi connectivity index (χ3v) is 3.19. The topological polar surface area (TPSA) is 102 Å². The van der Waals surface area contributed by atoms with Crippen molar-refractivity contribution in [1.29, 1.82) is 5.26 Å². The minimum Gasteiger partial charge on any atom is -0.481 e. The van der Waals surface area contributed by atoms with Crippen molar-refractivity contribution >= 4 is 17.7 Å². The molecule has 1 fully saturated rings. The summed E-state index contributed by atoms with van der Waals surface area (Å²) in [7, 11) is 0. The summed E-state index contributed by atoms with van der Waals surface area (Å²) < 4.78 is 0. The molecule has 0 aromatic heterocycles. The molecule has 1 aliphatic rings. The van der Waals surface area contributed by atoms with Crippen molar-refractivity contribution in [2.75, 3.05) is 11.9 Å². The number of carboxylic acid groups (broad SMARTS) is 1. The Bertz CT molecular complexity index is 558. The van der Waals surface area contributed by atoms with Gasteiger partial charge in [-0.1, -0.05) is 12.1 Å². The van der Waals surface area contributed by atoms with Gasteiger partial charge in [0.1, 0.15) is 6.07 Å². The monoisotopic (exact) mass is 259 g/mol. The van der Waals surface area contributed by atoms with Crippen molar-refractivity contribution < 1.29 is 14.7 Å². The number of carbonyl (C=O) groups excluding carboxylic acids is 1. The second-order valence-corrected chi connectivity index (χ2v) is 4.55. The molecule has 0 aliphatic heterocycles. The maximum Gasteiger partial charge on any atom is 0.319 e. The number of aliphatic carboxylic acids is 1. The van der Waals surface area contributed by atoms with Gasteiger partial charge in [0.05, 0.1) is 16.7 Å². The molecule has 0 heterocycles. The number of carboxylic acids is 1. The van der Waals surface area contributed by atoms with Crippen LogP contribution in [-0.4, -0.2) is 23.7 Å². The third kappa shape index (κ3) is 2.83. The summed E-state index contributed by atoms with van der Waals surface area (Å²) in [5, 5.41) is 22.9. The zero-order valence-corrected chi connectivity index (χ0v) is 10.1. The van der Waals surface area contributed by atoms with E-state index in [0.717, 1.165) is 0 Å². The predicted molar refractivity (Wildman–Crippen MR) is 67.5 cm³/mol. The van der Waals surface area contributed by atoms with Crippen LogP contribution in [0.4, 0.5) is 10.5 Å². The minimum absolute atomic E-state index is 0.100. The summed E-state index contributed by atoms with van der Waals surface area (Å²) in [6.45, 7) is 0.100. The summed E-state index contributed by atoms with van der Waals surface area (Å²) in [5.74, 6) is -0.884. The number of carbonyl (C=O) groups is 2. The van der Waals surface area contributed by atoms with Crippen molar-refractivity contribution in [2.45, 2.75) is 12.8 Å². The van der Waals surface area contributed by atoms with Gasteiger partial charge in [-0.05, 0) is 25.0 Å². The highest BCUT2D eigenvalue weighted by molar-refractivity contribution is 5.91. The van der Waals surface area contributed by atoms with Crippen LogP contribution in [0.5, 0.6) is 0 Å². The number of hydrogen-bond acceptors (Lipinski definition) is 3. The van der Waals surface area contributed by atoms with Crippen LogP contribution < -0.4 is 10.6 Å². The van der Waals surface area contributed by atoms with Gasteiger partial charge in [0.2, 0.25) is 0 Å². The quantitative estimate of drug-likeness (QED) is 0.763. The van der Waals surface area contributed by atoms with E-state index in [-0.39, 0.29) is 6.54 Å². The molecule has 98 valence electrons. The first-order valence-electron chi connectivity index (χ1n) is 5.85. The maximum absolute atomic E-state index is 11.7. The number of urea groups is 1. The molecule has 0 radical (unpaired) electrons. The zero-order chi connectivity index (χ0) is 13.9. The molecular weight excluding hydrogens is 246 g/mol. The molecule has 1 aliphatic carbocycles. The van der Waals surface area contributed by atoms with E-state index >= 15 is 0 Å². The highest BCUT2D eigenvalue weighted by Gasteiger charge is 2.50. The standard InChI is InChI=1S/C13H13N3O3/c14-7-9-3-1-2-4-10(9)16-12(19)15-8-13(5-6-13)11(17)18/h1-4H,5-6,8H2,(H,17,18)(H2,15,16,19). The van der Waals surface area contributed by atoms with Crippen molar-refractivity contribution in [3.8, 4) is 6.07 Å². The highest BCUT2D eigenvalue weighted by Crippen LogP contribution is 2.45. The van der Waals surface area contributed by atoms with E-state index in [0.29, 0.717) is 24.1 Å². The Morgan fingerprint density at radius 2 is 2.05 bits per heavy atom. The van der Waals surface area contributed by atoms with Gasteiger partial charge >= 0.3 is 12.0 Å².